The van der Waals surface area contributed by atoms with Crippen molar-refractivity contribution in [2.24, 2.45) is 0 Å². The van der Waals surface area contributed by atoms with Crippen LogP contribution >= 0.6 is 0 Å². The summed E-state index contributed by atoms with van der Waals surface area (Å²) in [5, 5.41) is 18.9. The molecule has 0 amide bonds. The van der Waals surface area contributed by atoms with E-state index in [4.69, 9.17) is 10.5 Å². The molecule has 6 rings (SSSR count). The van der Waals surface area contributed by atoms with Crippen molar-refractivity contribution in [1.82, 2.24) is 35.5 Å². The molecule has 3 aromatic heterocycles. The summed E-state index contributed by atoms with van der Waals surface area (Å²) in [7, 11) is 0. The third-order valence-electron chi connectivity index (χ3n) is 6.62. The molecular formula is C27H28N8O. The Morgan fingerprint density at radius 3 is 2.69 bits per heavy atom. The summed E-state index contributed by atoms with van der Waals surface area (Å²) in [5.74, 6) is 2.72. The van der Waals surface area contributed by atoms with Crippen molar-refractivity contribution in [2.45, 2.75) is 31.7 Å². The molecule has 1 fully saturated rings. The van der Waals surface area contributed by atoms with Crippen LogP contribution in [0, 0.1) is 0 Å². The van der Waals surface area contributed by atoms with Gasteiger partial charge in [-0.25, -0.2) is 4.98 Å². The van der Waals surface area contributed by atoms with E-state index in [9.17, 15) is 0 Å². The molecule has 4 N–H and O–H groups in total. The number of pyridine rings is 1. The standard InChI is InChI=1S/C27H28N8O/c28-25-14-22(26-27(31-25)33-34-32-26)11-19-15-30-35(17-19)16-18-3-1-5-23(12-18)36-24-6-2-4-21(13-24)20-7-9-29-10-8-20/h1-6,12-15,17,20,29H,7-11,16H2,(H3,28,31,32,33,34). The zero-order valence-corrected chi connectivity index (χ0v) is 19.9. The van der Waals surface area contributed by atoms with Crippen LogP contribution in [-0.4, -0.2) is 43.3 Å². The van der Waals surface area contributed by atoms with Crippen LogP contribution in [-0.2, 0) is 13.0 Å². The lowest BCUT2D eigenvalue weighted by atomic mass is 9.90. The Kier molecular flexibility index (Phi) is 6.05. The Morgan fingerprint density at radius 2 is 1.81 bits per heavy atom. The fraction of sp³-hybridized carbons (Fsp3) is 0.259. The molecule has 0 radical (unpaired) electrons. The number of nitrogens with zero attached hydrogens (tertiary/aromatic N) is 5. The van der Waals surface area contributed by atoms with E-state index in [1.165, 1.54) is 18.4 Å². The summed E-state index contributed by atoms with van der Waals surface area (Å²) in [6.07, 6.45) is 6.89. The highest BCUT2D eigenvalue weighted by atomic mass is 16.5. The lowest BCUT2D eigenvalue weighted by molar-refractivity contribution is 0.454. The van der Waals surface area contributed by atoms with Gasteiger partial charge in [0.1, 0.15) is 22.8 Å². The minimum Gasteiger partial charge on any atom is -0.457 e. The van der Waals surface area contributed by atoms with Gasteiger partial charge in [-0.05, 0) is 84.4 Å². The summed E-state index contributed by atoms with van der Waals surface area (Å²) >= 11 is 0. The lowest BCUT2D eigenvalue weighted by Crippen LogP contribution is -2.26. The van der Waals surface area contributed by atoms with Crippen LogP contribution < -0.4 is 15.8 Å². The quantitative estimate of drug-likeness (QED) is 0.322. The zero-order chi connectivity index (χ0) is 24.3. The van der Waals surface area contributed by atoms with Crippen LogP contribution in [0.1, 0.15) is 41.0 Å². The van der Waals surface area contributed by atoms with E-state index in [0.29, 0.717) is 30.3 Å². The average molecular weight is 481 g/mol. The van der Waals surface area contributed by atoms with Crippen LogP contribution in [0.25, 0.3) is 11.2 Å². The highest BCUT2D eigenvalue weighted by Gasteiger charge is 2.16. The third-order valence-corrected chi connectivity index (χ3v) is 6.62. The molecule has 9 nitrogen and oxygen atoms in total. The van der Waals surface area contributed by atoms with Crippen LogP contribution in [0.4, 0.5) is 5.82 Å². The van der Waals surface area contributed by atoms with E-state index in [0.717, 1.165) is 46.8 Å². The van der Waals surface area contributed by atoms with E-state index >= 15 is 0 Å². The normalized spacial score (nSPS) is 14.3. The zero-order valence-electron chi connectivity index (χ0n) is 19.9. The Labute approximate surface area is 208 Å². The molecular weight excluding hydrogens is 452 g/mol. The van der Waals surface area contributed by atoms with Crippen LogP contribution in [0.2, 0.25) is 0 Å². The van der Waals surface area contributed by atoms with Crippen molar-refractivity contribution in [1.29, 1.82) is 0 Å². The van der Waals surface area contributed by atoms with Crippen molar-refractivity contribution in [3.05, 3.63) is 89.2 Å². The predicted octanol–water partition coefficient (Wildman–Crippen LogP) is 4.03. The number of aromatic amines is 1. The average Bonchev–Trinajstić information content (AvgIpc) is 3.54. The van der Waals surface area contributed by atoms with Crippen LogP contribution in [0.5, 0.6) is 11.5 Å². The van der Waals surface area contributed by atoms with Gasteiger partial charge in [0.2, 0.25) is 5.65 Å². The number of anilines is 1. The van der Waals surface area contributed by atoms with E-state index in [1.54, 1.807) is 0 Å². The van der Waals surface area contributed by atoms with Crippen molar-refractivity contribution in [2.75, 3.05) is 18.8 Å². The molecule has 182 valence electrons. The first-order chi connectivity index (χ1) is 17.7. The highest BCUT2D eigenvalue weighted by Crippen LogP contribution is 2.30. The van der Waals surface area contributed by atoms with Gasteiger partial charge in [-0.2, -0.15) is 15.4 Å². The molecule has 1 aliphatic heterocycles. The number of benzene rings is 2. The monoisotopic (exact) mass is 480 g/mol. The second-order valence-electron chi connectivity index (χ2n) is 9.27. The fourth-order valence-corrected chi connectivity index (χ4v) is 4.88. The summed E-state index contributed by atoms with van der Waals surface area (Å²) in [6, 6.07) is 18.5. The minimum absolute atomic E-state index is 0.428. The van der Waals surface area contributed by atoms with Gasteiger partial charge in [-0.15, -0.1) is 5.10 Å². The van der Waals surface area contributed by atoms with Gasteiger partial charge in [0.15, 0.2) is 0 Å². The Morgan fingerprint density at radius 1 is 0.972 bits per heavy atom. The largest absolute Gasteiger partial charge is 0.457 e. The van der Waals surface area contributed by atoms with Crippen molar-refractivity contribution >= 4 is 17.0 Å². The summed E-state index contributed by atoms with van der Waals surface area (Å²) < 4.78 is 8.17. The fourth-order valence-electron chi connectivity index (χ4n) is 4.88. The smallest absolute Gasteiger partial charge is 0.203 e. The number of hydrogen-bond acceptors (Lipinski definition) is 7. The SMILES string of the molecule is Nc1cc(Cc2cnn(Cc3cccc(Oc4cccc(C5CCNCC5)c4)c3)c2)c2n[nH]nc2n1. The van der Waals surface area contributed by atoms with Gasteiger partial charge in [-0.3, -0.25) is 4.68 Å². The Hall–Kier alpha value is -4.24. The molecule has 1 aliphatic rings. The maximum absolute atomic E-state index is 6.24. The second-order valence-corrected chi connectivity index (χ2v) is 9.27. The summed E-state index contributed by atoms with van der Waals surface area (Å²) in [4.78, 5) is 4.20. The van der Waals surface area contributed by atoms with Gasteiger partial charge < -0.3 is 15.8 Å². The Balaban J connectivity index is 1.14. The van der Waals surface area contributed by atoms with Crippen LogP contribution in [0.3, 0.4) is 0 Å². The van der Waals surface area contributed by atoms with E-state index in [1.807, 2.05) is 41.3 Å². The first kappa shape index (κ1) is 22.2. The van der Waals surface area contributed by atoms with E-state index in [-0.39, 0.29) is 0 Å². The number of H-pyrrole nitrogens is 1. The molecule has 0 saturated carbocycles. The summed E-state index contributed by atoms with van der Waals surface area (Å²) in [5.41, 5.74) is 11.7. The minimum atomic E-state index is 0.428. The predicted molar refractivity (Wildman–Crippen MR) is 138 cm³/mol. The molecule has 0 unspecified atom stereocenters. The number of piperidine rings is 1. The number of rotatable bonds is 7. The topological polar surface area (TPSA) is 120 Å². The molecule has 4 heterocycles. The van der Waals surface area contributed by atoms with Crippen molar-refractivity contribution in [3.63, 3.8) is 0 Å². The number of nitrogen functional groups attached to an aromatic ring is 1. The molecule has 2 aromatic carbocycles. The van der Waals surface area contributed by atoms with E-state index in [2.05, 4.69) is 61.1 Å². The Bertz CT molecular complexity index is 1480. The first-order valence-electron chi connectivity index (χ1n) is 12.2. The number of hydrogen-bond donors (Lipinski definition) is 3. The van der Waals surface area contributed by atoms with Gasteiger partial charge in [0.05, 0.1) is 12.7 Å². The van der Waals surface area contributed by atoms with Gasteiger partial charge >= 0.3 is 0 Å². The number of fused-ring (bicyclic) bond motifs is 1. The lowest BCUT2D eigenvalue weighted by Gasteiger charge is -2.23. The van der Waals surface area contributed by atoms with Gasteiger partial charge in [-0.1, -0.05) is 24.3 Å². The first-order valence-corrected chi connectivity index (χ1v) is 12.2. The highest BCUT2D eigenvalue weighted by molar-refractivity contribution is 5.76. The van der Waals surface area contributed by atoms with Crippen molar-refractivity contribution in [3.8, 4) is 11.5 Å². The maximum Gasteiger partial charge on any atom is 0.203 e. The molecule has 9 heteroatoms. The number of ether oxygens (including phenoxy) is 1. The maximum atomic E-state index is 6.24. The van der Waals surface area contributed by atoms with E-state index < -0.39 is 0 Å². The molecule has 0 aliphatic carbocycles. The van der Waals surface area contributed by atoms with Crippen LogP contribution in [0.15, 0.2) is 67.0 Å². The molecule has 1 saturated heterocycles. The number of aromatic nitrogens is 6. The third kappa shape index (κ3) is 4.92. The molecule has 36 heavy (non-hydrogen) atoms. The molecule has 0 atom stereocenters. The molecule has 0 spiro atoms. The van der Waals surface area contributed by atoms with Gasteiger partial charge in [0, 0.05) is 12.6 Å². The van der Waals surface area contributed by atoms with Gasteiger partial charge in [0.25, 0.3) is 0 Å². The summed E-state index contributed by atoms with van der Waals surface area (Å²) in [6.45, 7) is 2.80. The van der Waals surface area contributed by atoms with Crippen molar-refractivity contribution < 1.29 is 4.74 Å². The number of nitrogens with one attached hydrogen (secondary N) is 2. The number of nitrogens with two attached hydrogens (primary N) is 1. The molecule has 0 bridgehead atoms. The second kappa shape index (κ2) is 9.79. The molecule has 5 aromatic rings.